The van der Waals surface area contributed by atoms with Crippen LogP contribution in [-0.2, 0) is 4.79 Å². The lowest BCUT2D eigenvalue weighted by Crippen LogP contribution is -2.46. The number of nitrogens with one attached hydrogen (secondary N) is 1. The van der Waals surface area contributed by atoms with Crippen molar-refractivity contribution in [1.82, 2.24) is 9.80 Å². The van der Waals surface area contributed by atoms with Gasteiger partial charge in [0.25, 0.3) is 0 Å². The van der Waals surface area contributed by atoms with Crippen LogP contribution in [-0.4, -0.2) is 56.5 Å². The van der Waals surface area contributed by atoms with Crippen molar-refractivity contribution in [1.29, 1.82) is 0 Å². The van der Waals surface area contributed by atoms with Gasteiger partial charge in [0, 0.05) is 17.3 Å². The van der Waals surface area contributed by atoms with Crippen LogP contribution in [0.3, 0.4) is 0 Å². The second-order valence-corrected chi connectivity index (χ2v) is 5.17. The molecular weight excluding hydrogens is 250 g/mol. The number of benzene rings is 1. The topological polar surface area (TPSA) is 35.6 Å². The van der Waals surface area contributed by atoms with Crippen LogP contribution in [0.1, 0.15) is 0 Å². The zero-order chi connectivity index (χ0) is 13.7. The highest BCUT2D eigenvalue weighted by Crippen LogP contribution is 2.14. The quantitative estimate of drug-likeness (QED) is 0.885. The summed E-state index contributed by atoms with van der Waals surface area (Å²) in [5.74, 6) is -0.0176. The van der Waals surface area contributed by atoms with Crippen LogP contribution in [0.4, 0.5) is 5.69 Å². The molecule has 1 N–H and O–H groups in total. The van der Waals surface area contributed by atoms with E-state index >= 15 is 0 Å². The van der Waals surface area contributed by atoms with Crippen molar-refractivity contribution >= 4 is 23.2 Å². The maximum absolute atomic E-state index is 12.2. The van der Waals surface area contributed by atoms with Crippen LogP contribution in [0.25, 0.3) is 0 Å². The van der Waals surface area contributed by atoms with Crippen molar-refractivity contribution in [2.24, 2.45) is 0 Å². The first-order valence-corrected chi connectivity index (χ1v) is 6.15. The van der Waals surface area contributed by atoms with E-state index < -0.39 is 0 Å². The van der Waals surface area contributed by atoms with E-state index in [1.807, 2.05) is 38.0 Å². The summed E-state index contributed by atoms with van der Waals surface area (Å²) < 4.78 is 0. The first-order chi connectivity index (χ1) is 8.40. The Morgan fingerprint density at radius 1 is 1.22 bits per heavy atom. The van der Waals surface area contributed by atoms with Crippen LogP contribution in [0.15, 0.2) is 24.3 Å². The van der Waals surface area contributed by atoms with Gasteiger partial charge >= 0.3 is 0 Å². The number of rotatable bonds is 5. The monoisotopic (exact) mass is 269 g/mol. The molecule has 0 aliphatic rings. The maximum Gasteiger partial charge on any atom is 0.243 e. The average Bonchev–Trinajstić information content (AvgIpc) is 2.28. The number of anilines is 1. The number of carbonyl (C=O) groups excluding carboxylic acids is 1. The van der Waals surface area contributed by atoms with Gasteiger partial charge in [-0.2, -0.15) is 0 Å². The average molecular weight is 270 g/mol. The predicted octanol–water partition coefficient (Wildman–Crippen LogP) is 1.77. The third-order valence-corrected chi connectivity index (χ3v) is 2.83. The van der Waals surface area contributed by atoms with Crippen molar-refractivity contribution in [2.45, 2.75) is 6.04 Å². The molecule has 0 bridgehead atoms. The molecule has 1 unspecified atom stereocenters. The molecule has 1 atom stereocenters. The van der Waals surface area contributed by atoms with E-state index in [0.29, 0.717) is 11.6 Å². The summed E-state index contributed by atoms with van der Waals surface area (Å²) in [6, 6.07) is 6.92. The summed E-state index contributed by atoms with van der Waals surface area (Å²) in [6.45, 7) is 0.673. The molecule has 0 aliphatic carbocycles. The van der Waals surface area contributed by atoms with Crippen molar-refractivity contribution in [3.63, 3.8) is 0 Å². The van der Waals surface area contributed by atoms with E-state index in [-0.39, 0.29) is 11.9 Å². The van der Waals surface area contributed by atoms with E-state index in [1.54, 1.807) is 24.3 Å². The van der Waals surface area contributed by atoms with E-state index in [4.69, 9.17) is 11.6 Å². The van der Waals surface area contributed by atoms with Gasteiger partial charge in [0.2, 0.25) is 5.91 Å². The number of halogens is 1. The largest absolute Gasteiger partial charge is 0.325 e. The molecule has 1 amide bonds. The highest BCUT2D eigenvalue weighted by atomic mass is 35.5. The van der Waals surface area contributed by atoms with Gasteiger partial charge in [-0.3, -0.25) is 9.69 Å². The fourth-order valence-electron chi connectivity index (χ4n) is 1.59. The van der Waals surface area contributed by atoms with Crippen molar-refractivity contribution in [3.05, 3.63) is 29.3 Å². The molecule has 18 heavy (non-hydrogen) atoms. The van der Waals surface area contributed by atoms with Crippen LogP contribution in [0.2, 0.25) is 5.02 Å². The third-order valence-electron chi connectivity index (χ3n) is 2.58. The smallest absolute Gasteiger partial charge is 0.243 e. The van der Waals surface area contributed by atoms with E-state index in [0.717, 1.165) is 5.69 Å². The molecule has 1 aromatic rings. The molecule has 100 valence electrons. The van der Waals surface area contributed by atoms with Gasteiger partial charge in [-0.25, -0.2) is 0 Å². The van der Waals surface area contributed by atoms with Crippen molar-refractivity contribution in [3.8, 4) is 0 Å². The summed E-state index contributed by atoms with van der Waals surface area (Å²) in [5.41, 5.74) is 0.759. The standard InChI is InChI=1S/C13H20ClN3O/c1-16(2)9-12(17(3)4)13(18)15-11-7-5-10(14)6-8-11/h5-8,12H,9H2,1-4H3,(H,15,18). The van der Waals surface area contributed by atoms with Gasteiger partial charge in [-0.05, 0) is 52.5 Å². The van der Waals surface area contributed by atoms with Gasteiger partial charge in [0.05, 0.1) is 0 Å². The van der Waals surface area contributed by atoms with E-state index in [1.165, 1.54) is 0 Å². The molecule has 0 aliphatic heterocycles. The van der Waals surface area contributed by atoms with Crippen LogP contribution in [0.5, 0.6) is 0 Å². The van der Waals surface area contributed by atoms with Crippen molar-refractivity contribution < 1.29 is 4.79 Å². The van der Waals surface area contributed by atoms with E-state index in [2.05, 4.69) is 5.32 Å². The zero-order valence-electron chi connectivity index (χ0n) is 11.3. The molecule has 4 nitrogen and oxygen atoms in total. The van der Waals surface area contributed by atoms with Gasteiger partial charge < -0.3 is 10.2 Å². The van der Waals surface area contributed by atoms with Gasteiger partial charge in [-0.1, -0.05) is 11.6 Å². The minimum Gasteiger partial charge on any atom is -0.325 e. The molecule has 0 spiro atoms. The fourth-order valence-corrected chi connectivity index (χ4v) is 1.71. The molecular formula is C13H20ClN3O. The molecule has 0 heterocycles. The molecule has 0 saturated heterocycles. The van der Waals surface area contributed by atoms with Gasteiger partial charge in [0.1, 0.15) is 6.04 Å². The lowest BCUT2D eigenvalue weighted by atomic mass is 10.2. The Bertz CT molecular complexity index is 390. The Kier molecular flexibility index (Phi) is 5.59. The SMILES string of the molecule is CN(C)CC(C(=O)Nc1ccc(Cl)cc1)N(C)C. The van der Waals surface area contributed by atoms with E-state index in [9.17, 15) is 4.79 Å². The molecule has 1 rings (SSSR count). The predicted molar refractivity (Wildman–Crippen MR) is 76.1 cm³/mol. The van der Waals surface area contributed by atoms with Crippen LogP contribution < -0.4 is 5.32 Å². The summed E-state index contributed by atoms with van der Waals surface area (Å²) in [5, 5.41) is 3.55. The number of likely N-dealkylation sites (N-methyl/N-ethyl adjacent to an activating group) is 2. The van der Waals surface area contributed by atoms with Crippen molar-refractivity contribution in [2.75, 3.05) is 40.1 Å². The first kappa shape index (κ1) is 15.0. The molecule has 0 aromatic heterocycles. The number of amides is 1. The van der Waals surface area contributed by atoms with Crippen LogP contribution in [0, 0.1) is 0 Å². The Balaban J connectivity index is 2.69. The van der Waals surface area contributed by atoms with Gasteiger partial charge in [-0.15, -0.1) is 0 Å². The lowest BCUT2D eigenvalue weighted by Gasteiger charge is -2.26. The zero-order valence-corrected chi connectivity index (χ0v) is 12.0. The molecule has 0 radical (unpaired) electrons. The third kappa shape index (κ3) is 4.64. The second-order valence-electron chi connectivity index (χ2n) is 4.74. The number of nitrogens with zero attached hydrogens (tertiary/aromatic N) is 2. The number of carbonyl (C=O) groups is 1. The van der Waals surface area contributed by atoms with Gasteiger partial charge in [0.15, 0.2) is 0 Å². The summed E-state index contributed by atoms with van der Waals surface area (Å²) in [7, 11) is 7.70. The molecule has 0 fully saturated rings. The van der Waals surface area contributed by atoms with Crippen LogP contribution >= 0.6 is 11.6 Å². The Morgan fingerprint density at radius 3 is 2.22 bits per heavy atom. The summed E-state index contributed by atoms with van der Waals surface area (Å²) in [4.78, 5) is 16.1. The second kappa shape index (κ2) is 6.73. The minimum atomic E-state index is -0.185. The minimum absolute atomic E-state index is 0.0176. The highest BCUT2D eigenvalue weighted by molar-refractivity contribution is 6.30. The Hall–Kier alpha value is -1.10. The summed E-state index contributed by atoms with van der Waals surface area (Å²) in [6.07, 6.45) is 0. The maximum atomic E-state index is 12.2. The summed E-state index contributed by atoms with van der Waals surface area (Å²) >= 11 is 5.80. The lowest BCUT2D eigenvalue weighted by molar-refractivity contribution is -0.120. The highest BCUT2D eigenvalue weighted by Gasteiger charge is 2.21. The Morgan fingerprint density at radius 2 is 1.78 bits per heavy atom. The number of hydrogen-bond acceptors (Lipinski definition) is 3. The molecule has 1 aromatic carbocycles. The Labute approximate surface area is 114 Å². The molecule has 0 saturated carbocycles. The molecule has 5 heteroatoms. The number of hydrogen-bond donors (Lipinski definition) is 1. The normalized spacial score (nSPS) is 12.8. The fraction of sp³-hybridized carbons (Fsp3) is 0.462. The first-order valence-electron chi connectivity index (χ1n) is 5.77.